The number of rotatable bonds is 3. The fourth-order valence-electron chi connectivity index (χ4n) is 0.386. The largest absolute Gasteiger partial charge is 0.480 e. The van der Waals surface area contributed by atoms with E-state index >= 15 is 0 Å². The first-order valence-corrected chi connectivity index (χ1v) is 3.08. The van der Waals surface area contributed by atoms with Gasteiger partial charge in [-0.25, -0.2) is 0 Å². The highest BCUT2D eigenvalue weighted by Gasteiger charge is 2.47. The summed E-state index contributed by atoms with van der Waals surface area (Å²) in [6, 6.07) is 0. The number of carbonyl (C=O) groups is 2. The number of alkyl halides is 3. The summed E-state index contributed by atoms with van der Waals surface area (Å²) >= 11 is 1.65. The van der Waals surface area contributed by atoms with Gasteiger partial charge in [-0.1, -0.05) is 0 Å². The van der Waals surface area contributed by atoms with Crippen molar-refractivity contribution in [2.45, 2.75) is 4.83 Å². The van der Waals surface area contributed by atoms with Gasteiger partial charge in [0.25, 0.3) is 0 Å². The minimum absolute atomic E-state index is 1.65. The van der Waals surface area contributed by atoms with Gasteiger partial charge in [-0.15, -0.1) is 0 Å². The van der Waals surface area contributed by atoms with Crippen molar-refractivity contribution < 1.29 is 28.6 Å². The second kappa shape index (κ2) is 3.12. The van der Waals surface area contributed by atoms with Crippen LogP contribution in [0.5, 0.6) is 0 Å². The summed E-state index contributed by atoms with van der Waals surface area (Å²) in [7, 11) is 0. The summed E-state index contributed by atoms with van der Waals surface area (Å²) in [6.07, 6.45) is 0. The highest BCUT2D eigenvalue weighted by atomic mass is 79.9. The molecule has 7 heteroatoms. The van der Waals surface area contributed by atoms with Gasteiger partial charge in [-0.05, 0) is 15.9 Å². The molecule has 0 atom stereocenters. The SMILES string of the molecule is O=C(O)C(C(=O)O)C(F)(F)Br. The first-order valence-electron chi connectivity index (χ1n) is 2.29. The number of hydrogen-bond donors (Lipinski definition) is 2. The Bertz CT molecular complexity index is 173. The number of carboxylic acids is 2. The number of hydrogen-bond acceptors (Lipinski definition) is 2. The van der Waals surface area contributed by atoms with Crippen LogP contribution >= 0.6 is 15.9 Å². The van der Waals surface area contributed by atoms with E-state index in [1.807, 2.05) is 0 Å². The minimum Gasteiger partial charge on any atom is -0.480 e. The van der Waals surface area contributed by atoms with Gasteiger partial charge < -0.3 is 10.2 Å². The number of carboxylic acid groups (broad SMARTS) is 2. The third-order valence-electron chi connectivity index (χ3n) is 0.821. The average molecular weight is 233 g/mol. The molecule has 0 bridgehead atoms. The molecule has 4 nitrogen and oxygen atoms in total. The molecule has 0 rings (SSSR count). The van der Waals surface area contributed by atoms with Crippen LogP contribution in [0.25, 0.3) is 0 Å². The molecule has 0 unspecified atom stereocenters. The van der Waals surface area contributed by atoms with Gasteiger partial charge in [0.2, 0.25) is 5.92 Å². The van der Waals surface area contributed by atoms with Gasteiger partial charge in [-0.3, -0.25) is 9.59 Å². The fraction of sp³-hybridized carbons (Fsp3) is 0.500. The monoisotopic (exact) mass is 232 g/mol. The first-order chi connectivity index (χ1) is 4.76. The Kier molecular flexibility index (Phi) is 2.92. The van der Waals surface area contributed by atoms with Gasteiger partial charge >= 0.3 is 16.8 Å². The highest BCUT2D eigenvalue weighted by Crippen LogP contribution is 2.31. The topological polar surface area (TPSA) is 74.6 Å². The zero-order chi connectivity index (χ0) is 9.23. The summed E-state index contributed by atoms with van der Waals surface area (Å²) in [5.41, 5.74) is 0. The van der Waals surface area contributed by atoms with Crippen molar-refractivity contribution in [3.63, 3.8) is 0 Å². The van der Waals surface area contributed by atoms with Crippen LogP contribution in [-0.4, -0.2) is 27.0 Å². The third-order valence-corrected chi connectivity index (χ3v) is 1.28. The molecular weight excluding hydrogens is 230 g/mol. The molecule has 0 fully saturated rings. The predicted octanol–water partition coefficient (Wildman–Crippen LogP) is 0.760. The standard InChI is InChI=1S/C4H3BrF2O4/c5-4(6,7)1(2(8)9)3(10)11/h1H,(H,8,9)(H,10,11). The molecule has 0 heterocycles. The van der Waals surface area contributed by atoms with Crippen LogP contribution in [0.3, 0.4) is 0 Å². The molecule has 0 aliphatic rings. The van der Waals surface area contributed by atoms with Crippen molar-refractivity contribution in [1.82, 2.24) is 0 Å². The number of halogens is 3. The van der Waals surface area contributed by atoms with Crippen molar-refractivity contribution in [3.8, 4) is 0 Å². The summed E-state index contributed by atoms with van der Waals surface area (Å²) in [4.78, 5) is 15.9. The van der Waals surface area contributed by atoms with Crippen molar-refractivity contribution in [2.75, 3.05) is 0 Å². The Morgan fingerprint density at radius 2 is 1.55 bits per heavy atom. The molecular formula is C4H3BrF2O4. The van der Waals surface area contributed by atoms with Gasteiger partial charge in [0, 0.05) is 0 Å². The van der Waals surface area contributed by atoms with E-state index in [0.717, 1.165) is 0 Å². The van der Waals surface area contributed by atoms with Crippen LogP contribution < -0.4 is 0 Å². The van der Waals surface area contributed by atoms with Crippen molar-refractivity contribution in [1.29, 1.82) is 0 Å². The summed E-state index contributed by atoms with van der Waals surface area (Å²) < 4.78 is 24.1. The molecule has 0 amide bonds. The molecule has 2 N–H and O–H groups in total. The quantitative estimate of drug-likeness (QED) is 0.557. The van der Waals surface area contributed by atoms with Gasteiger partial charge in [0.1, 0.15) is 0 Å². The lowest BCUT2D eigenvalue weighted by atomic mass is 10.1. The second-order valence-corrected chi connectivity index (χ2v) is 2.71. The molecule has 0 aromatic carbocycles. The molecule has 0 aromatic heterocycles. The maximum absolute atomic E-state index is 12.0. The second-order valence-electron chi connectivity index (χ2n) is 1.65. The van der Waals surface area contributed by atoms with E-state index in [9.17, 15) is 18.4 Å². The summed E-state index contributed by atoms with van der Waals surface area (Å²) in [5, 5.41) is 16.0. The predicted molar refractivity (Wildman–Crippen MR) is 32.6 cm³/mol. The van der Waals surface area contributed by atoms with E-state index in [-0.39, 0.29) is 0 Å². The Labute approximate surface area is 67.9 Å². The van der Waals surface area contributed by atoms with E-state index < -0.39 is 22.7 Å². The van der Waals surface area contributed by atoms with Crippen LogP contribution in [0.15, 0.2) is 0 Å². The van der Waals surface area contributed by atoms with E-state index in [1.165, 1.54) is 0 Å². The van der Waals surface area contributed by atoms with E-state index in [0.29, 0.717) is 0 Å². The zero-order valence-corrected chi connectivity index (χ0v) is 6.51. The lowest BCUT2D eigenvalue weighted by molar-refractivity contribution is -0.163. The third kappa shape index (κ3) is 2.79. The Balaban J connectivity index is 4.63. The lowest BCUT2D eigenvalue weighted by Gasteiger charge is -2.12. The normalized spacial score (nSPS) is 11.6. The maximum atomic E-state index is 12.0. The van der Waals surface area contributed by atoms with Gasteiger partial charge in [0.05, 0.1) is 0 Å². The molecule has 0 aliphatic heterocycles. The highest BCUT2D eigenvalue weighted by molar-refractivity contribution is 9.10. The first kappa shape index (κ1) is 10.3. The minimum atomic E-state index is -3.93. The van der Waals surface area contributed by atoms with Crippen LogP contribution in [0, 0.1) is 5.92 Å². The Hall–Kier alpha value is -0.720. The molecule has 0 saturated heterocycles. The maximum Gasteiger partial charge on any atom is 0.325 e. The van der Waals surface area contributed by atoms with Crippen molar-refractivity contribution >= 4 is 27.9 Å². The molecule has 0 aliphatic carbocycles. The van der Waals surface area contributed by atoms with E-state index in [4.69, 9.17) is 10.2 Å². The Morgan fingerprint density at radius 3 is 1.55 bits per heavy atom. The van der Waals surface area contributed by atoms with Crippen LogP contribution in [0.2, 0.25) is 0 Å². The van der Waals surface area contributed by atoms with Crippen LogP contribution in [0.4, 0.5) is 8.78 Å². The van der Waals surface area contributed by atoms with Crippen molar-refractivity contribution in [3.05, 3.63) is 0 Å². The zero-order valence-electron chi connectivity index (χ0n) is 4.92. The summed E-state index contributed by atoms with van der Waals surface area (Å²) in [5.74, 6) is -6.92. The molecule has 0 radical (unpaired) electrons. The Morgan fingerprint density at radius 1 is 1.27 bits per heavy atom. The van der Waals surface area contributed by atoms with Gasteiger partial charge in [0.15, 0.2) is 0 Å². The summed E-state index contributed by atoms with van der Waals surface area (Å²) in [6.45, 7) is 0. The van der Waals surface area contributed by atoms with Crippen molar-refractivity contribution in [2.24, 2.45) is 5.92 Å². The van der Waals surface area contributed by atoms with Crippen LogP contribution in [0.1, 0.15) is 0 Å². The molecule has 11 heavy (non-hydrogen) atoms. The smallest absolute Gasteiger partial charge is 0.325 e. The fourth-order valence-corrected chi connectivity index (χ4v) is 0.777. The molecule has 0 aromatic rings. The number of aliphatic carboxylic acids is 2. The van der Waals surface area contributed by atoms with E-state index in [1.54, 1.807) is 15.9 Å². The molecule has 64 valence electrons. The molecule has 0 spiro atoms. The average Bonchev–Trinajstić information content (AvgIpc) is 1.54. The molecule has 0 saturated carbocycles. The van der Waals surface area contributed by atoms with E-state index in [2.05, 4.69) is 0 Å². The lowest BCUT2D eigenvalue weighted by Crippen LogP contribution is -2.35. The van der Waals surface area contributed by atoms with Crippen LogP contribution in [-0.2, 0) is 9.59 Å². The van der Waals surface area contributed by atoms with Gasteiger partial charge in [-0.2, -0.15) is 8.78 Å².